The molecular weight excluding hydrogens is 551 g/mol. The lowest BCUT2D eigenvalue weighted by Crippen LogP contribution is -2.40. The number of aliphatic carboxylic acids is 1. The number of hydrogen-bond donors (Lipinski definition) is 4. The number of carboxylic acid groups (broad SMARTS) is 1. The first-order valence-electron chi connectivity index (χ1n) is 13.6. The van der Waals surface area contributed by atoms with E-state index < -0.39 is 18.7 Å². The lowest BCUT2D eigenvalue weighted by molar-refractivity contribution is -0.140. The van der Waals surface area contributed by atoms with Crippen molar-refractivity contribution in [2.24, 2.45) is 0 Å². The molecule has 0 atom stereocenters. The molecule has 1 aliphatic heterocycles. The van der Waals surface area contributed by atoms with E-state index >= 15 is 0 Å². The zero-order valence-electron chi connectivity index (χ0n) is 23.5. The number of fused-ring (bicyclic) bond motifs is 1. The van der Waals surface area contributed by atoms with Gasteiger partial charge in [-0.1, -0.05) is 12.0 Å². The number of carbonyl (C=O) groups is 2. The summed E-state index contributed by atoms with van der Waals surface area (Å²) in [6, 6.07) is 11.9. The van der Waals surface area contributed by atoms with Gasteiger partial charge in [0, 0.05) is 49.4 Å². The molecule has 42 heavy (non-hydrogen) atoms. The van der Waals surface area contributed by atoms with Crippen molar-refractivity contribution in [2.45, 2.75) is 38.0 Å². The average molecular weight is 586 g/mol. The number of alkyl halides is 3. The number of amides is 1. The fourth-order valence-electron chi connectivity index (χ4n) is 5.04. The molecule has 2 aromatic carbocycles. The normalized spacial score (nSPS) is 14.2. The minimum absolute atomic E-state index is 0.0982. The first-order valence-corrected chi connectivity index (χ1v) is 13.6. The first-order chi connectivity index (χ1) is 20.1. The van der Waals surface area contributed by atoms with Gasteiger partial charge in [0.1, 0.15) is 12.3 Å². The lowest BCUT2D eigenvalue weighted by Gasteiger charge is -2.32. The standard InChI is InChI=1S/C30H34F3N5O4/c1-34-29(41)20-8-9-25(27(17-20)42-2)35-13-4-5-22-18-23-24(6-3-7-26(23)38(22)19-30(31,32)33)36-21-10-14-37(15-11-21)16-12-28(39)40/h3,6-9,17-18,21,35-36H,10-16,19H2,1-2H3,(H,34,41)(H,39,40). The minimum atomic E-state index is -4.44. The molecule has 0 saturated carbocycles. The Morgan fingerprint density at radius 1 is 1.12 bits per heavy atom. The van der Waals surface area contributed by atoms with E-state index in [1.807, 2.05) is 6.07 Å². The van der Waals surface area contributed by atoms with Gasteiger partial charge in [0.2, 0.25) is 0 Å². The Balaban J connectivity index is 1.52. The minimum Gasteiger partial charge on any atom is -0.495 e. The molecule has 1 aliphatic rings. The lowest BCUT2D eigenvalue weighted by atomic mass is 10.0. The predicted octanol–water partition coefficient (Wildman–Crippen LogP) is 4.39. The smallest absolute Gasteiger partial charge is 0.406 e. The monoisotopic (exact) mass is 585 g/mol. The molecule has 2 heterocycles. The Kier molecular flexibility index (Phi) is 9.85. The Labute approximate surface area is 242 Å². The van der Waals surface area contributed by atoms with E-state index in [2.05, 4.69) is 32.7 Å². The number of rotatable bonds is 10. The Hall–Kier alpha value is -4.37. The maximum atomic E-state index is 13.6. The summed E-state index contributed by atoms with van der Waals surface area (Å²) in [4.78, 5) is 24.9. The Bertz CT molecular complexity index is 1480. The summed E-state index contributed by atoms with van der Waals surface area (Å²) in [6.07, 6.45) is -2.75. The third kappa shape index (κ3) is 7.88. The largest absolute Gasteiger partial charge is 0.495 e. The van der Waals surface area contributed by atoms with Gasteiger partial charge >= 0.3 is 12.1 Å². The van der Waals surface area contributed by atoms with Crippen LogP contribution in [0.25, 0.3) is 10.9 Å². The van der Waals surface area contributed by atoms with Crippen molar-refractivity contribution in [3.63, 3.8) is 0 Å². The highest BCUT2D eigenvalue weighted by Gasteiger charge is 2.30. The number of ether oxygens (including phenoxy) is 1. The van der Waals surface area contributed by atoms with E-state index in [9.17, 15) is 22.8 Å². The molecule has 224 valence electrons. The number of carbonyl (C=O) groups excluding carboxylic acids is 1. The summed E-state index contributed by atoms with van der Waals surface area (Å²) in [5.74, 6) is 5.16. The SMILES string of the molecule is CNC(=O)c1ccc(NCC#Cc2cc3c(NC4CCN(CCC(=O)O)CC4)cccc3n2CC(F)(F)F)c(OC)c1. The molecule has 1 aromatic heterocycles. The molecule has 4 N–H and O–H groups in total. The second-order valence-electron chi connectivity index (χ2n) is 10.0. The van der Waals surface area contributed by atoms with Crippen LogP contribution < -0.4 is 20.7 Å². The zero-order chi connectivity index (χ0) is 30.3. The van der Waals surface area contributed by atoms with Crippen LogP contribution in [0.2, 0.25) is 0 Å². The topological polar surface area (TPSA) is 108 Å². The van der Waals surface area contributed by atoms with Gasteiger partial charge in [0.05, 0.1) is 37.0 Å². The second kappa shape index (κ2) is 13.5. The molecule has 0 aliphatic carbocycles. The van der Waals surface area contributed by atoms with Crippen LogP contribution in [0.15, 0.2) is 42.5 Å². The van der Waals surface area contributed by atoms with E-state index in [-0.39, 0.29) is 30.6 Å². The van der Waals surface area contributed by atoms with Crippen molar-refractivity contribution in [1.82, 2.24) is 14.8 Å². The highest BCUT2D eigenvalue weighted by Crippen LogP contribution is 2.31. The molecule has 0 bridgehead atoms. The number of nitrogens with zero attached hydrogens (tertiary/aromatic N) is 2. The predicted molar refractivity (Wildman–Crippen MR) is 155 cm³/mol. The van der Waals surface area contributed by atoms with Gasteiger partial charge in [-0.15, -0.1) is 0 Å². The van der Waals surface area contributed by atoms with E-state index in [1.54, 1.807) is 36.4 Å². The number of aromatic nitrogens is 1. The van der Waals surface area contributed by atoms with Crippen LogP contribution in [0.3, 0.4) is 0 Å². The maximum Gasteiger partial charge on any atom is 0.406 e. The molecule has 0 radical (unpaired) electrons. The maximum absolute atomic E-state index is 13.6. The summed E-state index contributed by atoms with van der Waals surface area (Å²) < 4.78 is 47.3. The van der Waals surface area contributed by atoms with Gasteiger partial charge in [-0.2, -0.15) is 13.2 Å². The highest BCUT2D eigenvalue weighted by molar-refractivity contribution is 5.95. The van der Waals surface area contributed by atoms with E-state index in [0.717, 1.165) is 31.6 Å². The number of piperidine rings is 1. The molecule has 3 aromatic rings. The number of benzene rings is 2. The molecule has 4 rings (SSSR count). The second-order valence-corrected chi connectivity index (χ2v) is 10.0. The van der Waals surface area contributed by atoms with Crippen molar-refractivity contribution in [3.05, 3.63) is 53.7 Å². The number of carboxylic acids is 1. The molecule has 9 nitrogen and oxygen atoms in total. The van der Waals surface area contributed by atoms with E-state index in [4.69, 9.17) is 9.84 Å². The zero-order valence-corrected chi connectivity index (χ0v) is 23.5. The summed E-state index contributed by atoms with van der Waals surface area (Å²) in [5.41, 5.74) is 2.43. The van der Waals surface area contributed by atoms with Gasteiger partial charge in [-0.3, -0.25) is 9.59 Å². The van der Waals surface area contributed by atoms with Gasteiger partial charge < -0.3 is 35.3 Å². The van der Waals surface area contributed by atoms with Crippen LogP contribution in [0, 0.1) is 11.8 Å². The number of methoxy groups -OCH3 is 1. The van der Waals surface area contributed by atoms with Gasteiger partial charge in [-0.05, 0) is 55.2 Å². The van der Waals surface area contributed by atoms with Crippen LogP contribution in [0.1, 0.15) is 35.3 Å². The van der Waals surface area contributed by atoms with Gasteiger partial charge in [0.15, 0.2) is 0 Å². The van der Waals surface area contributed by atoms with Crippen molar-refractivity contribution < 1.29 is 32.6 Å². The first kappa shape index (κ1) is 30.6. The van der Waals surface area contributed by atoms with Crippen molar-refractivity contribution in [2.75, 3.05) is 51.0 Å². The fourth-order valence-corrected chi connectivity index (χ4v) is 5.04. The third-order valence-corrected chi connectivity index (χ3v) is 7.15. The average Bonchev–Trinajstić information content (AvgIpc) is 3.31. The molecule has 1 amide bonds. The van der Waals surface area contributed by atoms with E-state index in [1.165, 1.54) is 18.7 Å². The summed E-state index contributed by atoms with van der Waals surface area (Å²) in [6.45, 7) is 0.962. The Morgan fingerprint density at radius 2 is 1.88 bits per heavy atom. The van der Waals surface area contributed by atoms with Crippen molar-refractivity contribution in [3.8, 4) is 17.6 Å². The molecular formula is C30H34F3N5O4. The van der Waals surface area contributed by atoms with Gasteiger partial charge in [0.25, 0.3) is 5.91 Å². The number of halogens is 3. The van der Waals surface area contributed by atoms with Crippen LogP contribution in [-0.2, 0) is 11.3 Å². The van der Waals surface area contributed by atoms with Crippen LogP contribution in [0.5, 0.6) is 5.75 Å². The molecule has 1 saturated heterocycles. The van der Waals surface area contributed by atoms with Crippen LogP contribution in [0.4, 0.5) is 24.5 Å². The van der Waals surface area contributed by atoms with Crippen molar-refractivity contribution >= 4 is 34.2 Å². The molecule has 0 unspecified atom stereocenters. The Morgan fingerprint density at radius 3 is 2.55 bits per heavy atom. The van der Waals surface area contributed by atoms with Gasteiger partial charge in [-0.25, -0.2) is 0 Å². The van der Waals surface area contributed by atoms with Crippen LogP contribution in [-0.4, -0.2) is 79.0 Å². The summed E-state index contributed by atoms with van der Waals surface area (Å²) in [5, 5.41) is 18.7. The van der Waals surface area contributed by atoms with Crippen LogP contribution >= 0.6 is 0 Å². The third-order valence-electron chi connectivity index (χ3n) is 7.15. The number of nitrogens with one attached hydrogen (secondary N) is 3. The number of hydrogen-bond acceptors (Lipinski definition) is 6. The fraction of sp³-hybridized carbons (Fsp3) is 0.400. The number of anilines is 2. The summed E-state index contributed by atoms with van der Waals surface area (Å²) in [7, 11) is 3.01. The number of likely N-dealkylation sites (tertiary alicyclic amines) is 1. The van der Waals surface area contributed by atoms with E-state index in [0.29, 0.717) is 34.4 Å². The quantitative estimate of drug-likeness (QED) is 0.262. The molecule has 0 spiro atoms. The summed E-state index contributed by atoms with van der Waals surface area (Å²) >= 11 is 0. The highest BCUT2D eigenvalue weighted by atomic mass is 19.4. The molecule has 12 heteroatoms. The van der Waals surface area contributed by atoms with Crippen molar-refractivity contribution in [1.29, 1.82) is 0 Å². The molecule has 1 fully saturated rings.